The fourth-order valence-corrected chi connectivity index (χ4v) is 5.97. The number of carbonyl (C=O) groups is 1. The summed E-state index contributed by atoms with van der Waals surface area (Å²) in [5, 5.41) is 14.1. The molecule has 0 spiro atoms. The van der Waals surface area contributed by atoms with E-state index in [1.807, 2.05) is 6.92 Å². The molecule has 2 aromatic rings. The van der Waals surface area contributed by atoms with Crippen LogP contribution in [0.2, 0.25) is 0 Å². The quantitative estimate of drug-likeness (QED) is 0.496. The molecule has 196 valence electrons. The fourth-order valence-electron chi connectivity index (χ4n) is 4.58. The molecule has 1 aromatic carbocycles. The van der Waals surface area contributed by atoms with Crippen molar-refractivity contribution in [3.8, 4) is 11.4 Å². The molecule has 0 aliphatic carbocycles. The molecule has 1 aromatic heterocycles. The summed E-state index contributed by atoms with van der Waals surface area (Å²) in [6.07, 6.45) is 1.91. The van der Waals surface area contributed by atoms with E-state index in [2.05, 4.69) is 15.5 Å². The molecular weight excluding hydrogens is 486 g/mol. The number of hydrogen-bond acceptors (Lipinski definition) is 9. The van der Waals surface area contributed by atoms with Crippen LogP contribution in [0.25, 0.3) is 11.4 Å². The molecule has 0 radical (unpaired) electrons. The highest BCUT2D eigenvalue weighted by Gasteiger charge is 2.46. The number of aromatic nitrogens is 2. The zero-order valence-electron chi connectivity index (χ0n) is 20.6. The van der Waals surface area contributed by atoms with Crippen molar-refractivity contribution in [3.63, 3.8) is 0 Å². The van der Waals surface area contributed by atoms with E-state index in [1.165, 1.54) is 6.26 Å². The lowest BCUT2D eigenvalue weighted by atomic mass is 9.94. The topological polar surface area (TPSA) is 143 Å². The van der Waals surface area contributed by atoms with Crippen LogP contribution in [-0.2, 0) is 24.1 Å². The number of nitrogens with zero attached hydrogens (tertiary/aromatic N) is 3. The molecule has 11 nitrogen and oxygen atoms in total. The number of carbonyl (C=O) groups excluding carboxylic acids is 1. The molecular formula is C24H33N5O6S. The molecule has 12 heteroatoms. The fraction of sp³-hybridized carbons (Fsp3) is 0.542. The maximum absolute atomic E-state index is 13.1. The number of ether oxygens (including phenoxy) is 2. The molecule has 1 atom stereocenters. The van der Waals surface area contributed by atoms with E-state index in [0.717, 1.165) is 0 Å². The zero-order chi connectivity index (χ0) is 25.8. The SMILES string of the molecule is C[C@H]1COCCN1c1cc(C2(S(C)(=O)=O)CCOCC2)nc(-c2ccc(NC(=O)NCCO)cc2)n1. The minimum Gasteiger partial charge on any atom is -0.395 e. The number of aliphatic hydroxyl groups excluding tert-OH is 1. The summed E-state index contributed by atoms with van der Waals surface area (Å²) in [6.45, 7) is 4.48. The first-order valence-electron chi connectivity index (χ1n) is 12.0. The Morgan fingerprint density at radius 2 is 1.89 bits per heavy atom. The summed E-state index contributed by atoms with van der Waals surface area (Å²) in [5.41, 5.74) is 1.72. The number of sulfone groups is 1. The Hall–Kier alpha value is -2.80. The van der Waals surface area contributed by atoms with Gasteiger partial charge in [0.1, 0.15) is 10.6 Å². The highest BCUT2D eigenvalue weighted by molar-refractivity contribution is 7.91. The number of nitrogens with one attached hydrogen (secondary N) is 2. The first kappa shape index (κ1) is 26.3. The van der Waals surface area contributed by atoms with Crippen LogP contribution in [0, 0.1) is 0 Å². The van der Waals surface area contributed by atoms with Crippen molar-refractivity contribution >= 4 is 27.4 Å². The third-order valence-electron chi connectivity index (χ3n) is 6.65. The third kappa shape index (κ3) is 5.61. The second kappa shape index (κ2) is 11.1. The maximum Gasteiger partial charge on any atom is 0.319 e. The summed E-state index contributed by atoms with van der Waals surface area (Å²) in [6, 6.07) is 8.47. The number of morpholine rings is 1. The molecule has 0 bridgehead atoms. The van der Waals surface area contributed by atoms with Crippen molar-refractivity contribution < 1.29 is 27.8 Å². The summed E-state index contributed by atoms with van der Waals surface area (Å²) in [5.74, 6) is 1.07. The number of amides is 2. The van der Waals surface area contributed by atoms with Gasteiger partial charge in [-0.25, -0.2) is 23.2 Å². The van der Waals surface area contributed by atoms with Gasteiger partial charge >= 0.3 is 6.03 Å². The molecule has 2 amide bonds. The molecule has 3 heterocycles. The monoisotopic (exact) mass is 519 g/mol. The van der Waals surface area contributed by atoms with E-state index in [9.17, 15) is 13.2 Å². The van der Waals surface area contributed by atoms with Crippen LogP contribution in [0.4, 0.5) is 16.3 Å². The minimum absolute atomic E-state index is 0.0715. The number of benzene rings is 1. The molecule has 36 heavy (non-hydrogen) atoms. The Morgan fingerprint density at radius 1 is 1.17 bits per heavy atom. The normalized spacial score (nSPS) is 20.1. The van der Waals surface area contributed by atoms with Crippen LogP contribution in [0.5, 0.6) is 0 Å². The van der Waals surface area contributed by atoms with Gasteiger partial charge in [0.25, 0.3) is 0 Å². The van der Waals surface area contributed by atoms with E-state index in [-0.39, 0.29) is 19.2 Å². The Kier molecular flexibility index (Phi) is 8.08. The van der Waals surface area contributed by atoms with Crippen LogP contribution in [-0.4, -0.2) is 87.9 Å². The van der Waals surface area contributed by atoms with Gasteiger partial charge in [-0.15, -0.1) is 0 Å². The van der Waals surface area contributed by atoms with Crippen molar-refractivity contribution in [1.29, 1.82) is 0 Å². The van der Waals surface area contributed by atoms with Crippen LogP contribution >= 0.6 is 0 Å². The smallest absolute Gasteiger partial charge is 0.319 e. The molecule has 0 unspecified atom stereocenters. The average Bonchev–Trinajstić information content (AvgIpc) is 2.87. The second-order valence-corrected chi connectivity index (χ2v) is 11.4. The Morgan fingerprint density at radius 3 is 2.53 bits per heavy atom. The summed E-state index contributed by atoms with van der Waals surface area (Å²) in [7, 11) is -3.51. The summed E-state index contributed by atoms with van der Waals surface area (Å²) >= 11 is 0. The van der Waals surface area contributed by atoms with Crippen molar-refractivity contribution in [2.45, 2.75) is 30.6 Å². The molecule has 0 saturated carbocycles. The molecule has 2 saturated heterocycles. The number of rotatable bonds is 7. The van der Waals surface area contributed by atoms with Crippen molar-refractivity contribution in [2.24, 2.45) is 0 Å². The number of hydrogen-bond donors (Lipinski definition) is 3. The van der Waals surface area contributed by atoms with Gasteiger partial charge in [-0.2, -0.15) is 0 Å². The predicted molar refractivity (Wildman–Crippen MR) is 136 cm³/mol. The zero-order valence-corrected chi connectivity index (χ0v) is 21.4. The van der Waals surface area contributed by atoms with Crippen LogP contribution in [0.1, 0.15) is 25.5 Å². The molecule has 4 rings (SSSR count). The molecule has 2 aliphatic rings. The highest BCUT2D eigenvalue weighted by Crippen LogP contribution is 2.40. The first-order chi connectivity index (χ1) is 17.2. The van der Waals surface area contributed by atoms with E-state index in [1.54, 1.807) is 30.3 Å². The van der Waals surface area contributed by atoms with Crippen LogP contribution < -0.4 is 15.5 Å². The van der Waals surface area contributed by atoms with E-state index >= 15 is 0 Å². The number of anilines is 2. The minimum atomic E-state index is -3.51. The lowest BCUT2D eigenvalue weighted by Crippen LogP contribution is -2.45. The van der Waals surface area contributed by atoms with Gasteiger partial charge in [0.15, 0.2) is 15.7 Å². The number of aliphatic hydroxyl groups is 1. The predicted octanol–water partition coefficient (Wildman–Crippen LogP) is 1.53. The van der Waals surface area contributed by atoms with Gasteiger partial charge in [0.2, 0.25) is 0 Å². The standard InChI is InChI=1S/C24H33N5O6S/c1-17-16-35-14-10-29(17)21-15-20(24(36(2,32)33)7-12-34-13-8-24)27-22(28-21)18-3-5-19(6-4-18)26-23(31)25-9-11-30/h3-6,15,17,30H,7-14,16H2,1-2H3,(H2,25,26,31)/t17-/m0/s1. The Balaban J connectivity index is 1.74. The first-order valence-corrected chi connectivity index (χ1v) is 13.9. The Bertz CT molecular complexity index is 1170. The van der Waals surface area contributed by atoms with Gasteiger partial charge in [0, 0.05) is 49.9 Å². The molecule has 3 N–H and O–H groups in total. The maximum atomic E-state index is 13.1. The van der Waals surface area contributed by atoms with Gasteiger partial charge in [-0.3, -0.25) is 0 Å². The van der Waals surface area contributed by atoms with Crippen molar-refractivity contribution in [1.82, 2.24) is 15.3 Å². The number of urea groups is 1. The Labute approximate surface area is 211 Å². The largest absolute Gasteiger partial charge is 0.395 e. The second-order valence-electron chi connectivity index (χ2n) is 9.11. The lowest BCUT2D eigenvalue weighted by Gasteiger charge is -2.37. The van der Waals surface area contributed by atoms with Crippen LogP contribution in [0.3, 0.4) is 0 Å². The average molecular weight is 520 g/mol. The van der Waals surface area contributed by atoms with E-state index < -0.39 is 20.6 Å². The van der Waals surface area contributed by atoms with Crippen molar-refractivity contribution in [3.05, 3.63) is 36.0 Å². The highest BCUT2D eigenvalue weighted by atomic mass is 32.2. The third-order valence-corrected chi connectivity index (χ3v) is 8.69. The summed E-state index contributed by atoms with van der Waals surface area (Å²) < 4.78 is 36.2. The van der Waals surface area contributed by atoms with Gasteiger partial charge < -0.3 is 30.1 Å². The summed E-state index contributed by atoms with van der Waals surface area (Å²) in [4.78, 5) is 23.6. The van der Waals surface area contributed by atoms with E-state index in [4.69, 9.17) is 24.5 Å². The van der Waals surface area contributed by atoms with Gasteiger partial charge in [0.05, 0.1) is 31.6 Å². The van der Waals surface area contributed by atoms with E-state index in [0.29, 0.717) is 74.4 Å². The van der Waals surface area contributed by atoms with Crippen molar-refractivity contribution in [2.75, 3.05) is 62.6 Å². The molecule has 2 aliphatic heterocycles. The lowest BCUT2D eigenvalue weighted by molar-refractivity contribution is 0.0731. The van der Waals surface area contributed by atoms with Crippen LogP contribution in [0.15, 0.2) is 30.3 Å². The molecule has 2 fully saturated rings. The van der Waals surface area contributed by atoms with Gasteiger partial charge in [-0.05, 0) is 44.0 Å². The van der Waals surface area contributed by atoms with Gasteiger partial charge in [-0.1, -0.05) is 0 Å².